The molecule has 0 amide bonds. The van der Waals surface area contributed by atoms with Crippen molar-refractivity contribution < 1.29 is 9.53 Å². The molecule has 2 heteroatoms. The van der Waals surface area contributed by atoms with E-state index < -0.39 is 0 Å². The maximum atomic E-state index is 11.1. The number of carbonyl (C=O) groups excluding carboxylic acids is 1. The predicted molar refractivity (Wildman–Crippen MR) is 49.8 cm³/mol. The Balaban J connectivity index is 4.56. The Kier molecular flexibility index (Phi) is 4.64. The first-order valence-electron chi connectivity index (χ1n) is 4.30. The Morgan fingerprint density at radius 2 is 1.92 bits per heavy atom. The normalized spacial score (nSPS) is 15.1. The summed E-state index contributed by atoms with van der Waals surface area (Å²) in [4.78, 5) is 11.1. The van der Waals surface area contributed by atoms with Gasteiger partial charge in [0.15, 0.2) is 0 Å². The van der Waals surface area contributed by atoms with Gasteiger partial charge < -0.3 is 4.74 Å². The number of allylic oxidation sites excluding steroid dienone is 1. The topological polar surface area (TPSA) is 26.3 Å². The van der Waals surface area contributed by atoms with E-state index in [1.54, 1.807) is 0 Å². The molecule has 0 heterocycles. The van der Waals surface area contributed by atoms with Crippen molar-refractivity contribution in [3.8, 4) is 0 Å². The summed E-state index contributed by atoms with van der Waals surface area (Å²) in [6, 6.07) is 0. The largest absolute Gasteiger partial charge is 0.466 e. The molecule has 2 nitrogen and oxygen atoms in total. The van der Waals surface area contributed by atoms with E-state index in [1.165, 1.54) is 7.11 Å². The maximum absolute atomic E-state index is 11.1. The summed E-state index contributed by atoms with van der Waals surface area (Å²) < 4.78 is 4.63. The number of hydrogen-bond donors (Lipinski definition) is 0. The third-order valence-corrected chi connectivity index (χ3v) is 2.43. The molecular formula is C10H18O2. The third kappa shape index (κ3) is 2.68. The van der Waals surface area contributed by atoms with Crippen LogP contribution >= 0.6 is 0 Å². The van der Waals surface area contributed by atoms with E-state index in [1.807, 2.05) is 13.8 Å². The predicted octanol–water partition coefficient (Wildman–Crippen LogP) is 2.54. The molecule has 0 unspecified atom stereocenters. The van der Waals surface area contributed by atoms with Gasteiger partial charge in [-0.3, -0.25) is 0 Å². The van der Waals surface area contributed by atoms with E-state index in [0.717, 1.165) is 17.6 Å². The smallest absolute Gasteiger partial charge is 0.333 e. The minimum absolute atomic E-state index is 0.215. The molecule has 0 aromatic carbocycles. The highest BCUT2D eigenvalue weighted by molar-refractivity contribution is 5.88. The van der Waals surface area contributed by atoms with E-state index in [9.17, 15) is 4.79 Å². The molecule has 0 radical (unpaired) electrons. The molecule has 0 aromatic heterocycles. The number of rotatable bonds is 3. The van der Waals surface area contributed by atoms with Crippen LogP contribution in [0.3, 0.4) is 0 Å². The van der Waals surface area contributed by atoms with Crippen molar-refractivity contribution in [2.75, 3.05) is 7.11 Å². The van der Waals surface area contributed by atoms with Crippen LogP contribution < -0.4 is 0 Å². The molecule has 0 N–H and O–H groups in total. The Labute approximate surface area is 74.6 Å². The van der Waals surface area contributed by atoms with Crippen molar-refractivity contribution in [2.45, 2.75) is 34.1 Å². The molecule has 0 aliphatic rings. The van der Waals surface area contributed by atoms with Crippen LogP contribution in [0.5, 0.6) is 0 Å². The molecule has 1 atom stereocenters. The van der Waals surface area contributed by atoms with Crippen molar-refractivity contribution >= 4 is 5.97 Å². The number of esters is 1. The average Bonchev–Trinajstić information content (AvgIpc) is 2.12. The van der Waals surface area contributed by atoms with Crippen molar-refractivity contribution in [2.24, 2.45) is 5.92 Å². The summed E-state index contributed by atoms with van der Waals surface area (Å²) in [5.74, 6) is 0.247. The molecule has 0 bridgehead atoms. The number of methoxy groups -OCH3 is 1. The van der Waals surface area contributed by atoms with Crippen molar-refractivity contribution in [3.05, 3.63) is 11.1 Å². The Morgan fingerprint density at radius 3 is 2.25 bits per heavy atom. The summed E-state index contributed by atoms with van der Waals surface area (Å²) in [7, 11) is 1.41. The first-order valence-corrected chi connectivity index (χ1v) is 4.30. The van der Waals surface area contributed by atoms with E-state index in [0.29, 0.717) is 5.92 Å². The summed E-state index contributed by atoms with van der Waals surface area (Å²) in [5.41, 5.74) is 1.87. The van der Waals surface area contributed by atoms with Gasteiger partial charge in [0.25, 0.3) is 0 Å². The Bertz CT molecular complexity index is 192. The van der Waals surface area contributed by atoms with Crippen molar-refractivity contribution in [1.29, 1.82) is 0 Å². The van der Waals surface area contributed by atoms with Gasteiger partial charge in [0.05, 0.1) is 7.11 Å². The molecule has 0 aliphatic heterocycles. The lowest BCUT2D eigenvalue weighted by molar-refractivity contribution is -0.136. The molecule has 0 rings (SSSR count). The van der Waals surface area contributed by atoms with E-state index in [2.05, 4.69) is 18.6 Å². The minimum Gasteiger partial charge on any atom is -0.466 e. The fourth-order valence-electron chi connectivity index (χ4n) is 0.990. The highest BCUT2D eigenvalue weighted by atomic mass is 16.5. The van der Waals surface area contributed by atoms with Crippen LogP contribution in [0, 0.1) is 5.92 Å². The third-order valence-electron chi connectivity index (χ3n) is 2.43. The van der Waals surface area contributed by atoms with Gasteiger partial charge in [-0.15, -0.1) is 0 Å². The van der Waals surface area contributed by atoms with Gasteiger partial charge in [0, 0.05) is 5.57 Å². The first kappa shape index (κ1) is 11.2. The highest BCUT2D eigenvalue weighted by Gasteiger charge is 2.11. The Hall–Kier alpha value is -0.790. The molecule has 12 heavy (non-hydrogen) atoms. The molecule has 0 fully saturated rings. The van der Waals surface area contributed by atoms with Crippen LogP contribution in [-0.2, 0) is 9.53 Å². The SMILES string of the molecule is CC[C@@H](C)/C(C)=C(\C)C(=O)OC. The molecule has 0 aliphatic carbocycles. The second kappa shape index (κ2) is 4.96. The Morgan fingerprint density at radius 1 is 1.42 bits per heavy atom. The molecule has 70 valence electrons. The molecule has 0 saturated carbocycles. The van der Waals surface area contributed by atoms with E-state index in [-0.39, 0.29) is 5.97 Å². The van der Waals surface area contributed by atoms with Crippen LogP contribution in [0.1, 0.15) is 34.1 Å². The van der Waals surface area contributed by atoms with Crippen LogP contribution in [0.4, 0.5) is 0 Å². The lowest BCUT2D eigenvalue weighted by Crippen LogP contribution is -2.07. The first-order chi connectivity index (χ1) is 5.54. The van der Waals surface area contributed by atoms with Gasteiger partial charge in [-0.25, -0.2) is 4.79 Å². The van der Waals surface area contributed by atoms with Crippen LogP contribution in [0.15, 0.2) is 11.1 Å². The second-order valence-electron chi connectivity index (χ2n) is 3.11. The average molecular weight is 170 g/mol. The monoisotopic (exact) mass is 170 g/mol. The summed E-state index contributed by atoms with van der Waals surface area (Å²) >= 11 is 0. The maximum Gasteiger partial charge on any atom is 0.333 e. The zero-order valence-corrected chi connectivity index (χ0v) is 8.60. The summed E-state index contributed by atoms with van der Waals surface area (Å²) in [6.45, 7) is 8.02. The zero-order chi connectivity index (χ0) is 9.72. The van der Waals surface area contributed by atoms with Crippen molar-refractivity contribution in [1.82, 2.24) is 0 Å². The van der Waals surface area contributed by atoms with Crippen LogP contribution in [0.2, 0.25) is 0 Å². The van der Waals surface area contributed by atoms with Gasteiger partial charge in [-0.1, -0.05) is 19.4 Å². The second-order valence-corrected chi connectivity index (χ2v) is 3.11. The minimum atomic E-state index is -0.215. The van der Waals surface area contributed by atoms with Crippen LogP contribution in [-0.4, -0.2) is 13.1 Å². The number of ether oxygens (including phenoxy) is 1. The molecular weight excluding hydrogens is 152 g/mol. The molecule has 0 saturated heterocycles. The van der Waals surface area contributed by atoms with Crippen molar-refractivity contribution in [3.63, 3.8) is 0 Å². The molecule has 0 aromatic rings. The van der Waals surface area contributed by atoms with Crippen LogP contribution in [0.25, 0.3) is 0 Å². The zero-order valence-electron chi connectivity index (χ0n) is 8.60. The van der Waals surface area contributed by atoms with E-state index >= 15 is 0 Å². The van der Waals surface area contributed by atoms with Gasteiger partial charge in [-0.2, -0.15) is 0 Å². The lowest BCUT2D eigenvalue weighted by Gasteiger charge is -2.11. The lowest BCUT2D eigenvalue weighted by atomic mass is 9.96. The highest BCUT2D eigenvalue weighted by Crippen LogP contribution is 2.17. The standard InChI is InChI=1S/C10H18O2/c1-6-7(2)8(3)9(4)10(11)12-5/h7H,6H2,1-5H3/b9-8+/t7-/m1/s1. The van der Waals surface area contributed by atoms with E-state index in [4.69, 9.17) is 0 Å². The number of carbonyl (C=O) groups is 1. The number of hydrogen-bond acceptors (Lipinski definition) is 2. The fraction of sp³-hybridized carbons (Fsp3) is 0.700. The van der Waals surface area contributed by atoms with Gasteiger partial charge in [0.2, 0.25) is 0 Å². The molecule has 0 spiro atoms. The van der Waals surface area contributed by atoms with Gasteiger partial charge >= 0.3 is 5.97 Å². The van der Waals surface area contributed by atoms with Gasteiger partial charge in [0.1, 0.15) is 0 Å². The fourth-order valence-corrected chi connectivity index (χ4v) is 0.990. The summed E-state index contributed by atoms with van der Waals surface area (Å²) in [5, 5.41) is 0. The summed E-state index contributed by atoms with van der Waals surface area (Å²) in [6.07, 6.45) is 1.06. The quantitative estimate of drug-likeness (QED) is 0.480. The van der Waals surface area contributed by atoms with Gasteiger partial charge in [-0.05, 0) is 26.2 Å².